The smallest absolute Gasteiger partial charge is 0.251 e. The SMILES string of the molecule is CC(C)(C)[C@H](NC(=O)c1ccc(N2CCN(C3CC3)CC2)cc1)C(=O)N1C[C@@H](N)[C@H]2OCC(=O)[C@H]21. The number of piperazine rings is 1. The molecule has 1 aromatic rings. The number of nitrogens with one attached hydrogen (secondary N) is 1. The number of Topliss-reactive ketones (excluding diaryl/α,β-unsaturated/α-hetero) is 1. The summed E-state index contributed by atoms with van der Waals surface area (Å²) in [6.07, 6.45) is 2.19. The van der Waals surface area contributed by atoms with Crippen LogP contribution < -0.4 is 16.0 Å². The summed E-state index contributed by atoms with van der Waals surface area (Å²) >= 11 is 0. The molecule has 0 unspecified atom stereocenters. The fourth-order valence-electron chi connectivity index (χ4n) is 5.56. The van der Waals surface area contributed by atoms with Crippen LogP contribution in [0.2, 0.25) is 0 Å². The van der Waals surface area contributed by atoms with E-state index in [9.17, 15) is 14.4 Å². The van der Waals surface area contributed by atoms with Crippen LogP contribution in [0.4, 0.5) is 5.69 Å². The Morgan fingerprint density at radius 1 is 1.09 bits per heavy atom. The van der Waals surface area contributed by atoms with Crippen molar-refractivity contribution in [1.82, 2.24) is 15.1 Å². The van der Waals surface area contributed by atoms with Gasteiger partial charge in [0.25, 0.3) is 5.91 Å². The van der Waals surface area contributed by atoms with Gasteiger partial charge in [0.2, 0.25) is 5.91 Å². The molecule has 0 aromatic heterocycles. The Balaban J connectivity index is 1.25. The number of nitrogens with two attached hydrogens (primary N) is 1. The van der Waals surface area contributed by atoms with Crippen molar-refractivity contribution in [2.24, 2.45) is 11.1 Å². The van der Waals surface area contributed by atoms with Crippen LogP contribution in [0, 0.1) is 5.41 Å². The number of amides is 2. The number of ketones is 1. The highest BCUT2D eigenvalue weighted by molar-refractivity contribution is 5.99. The van der Waals surface area contributed by atoms with E-state index in [1.807, 2.05) is 45.0 Å². The Morgan fingerprint density at radius 2 is 1.74 bits per heavy atom. The second-order valence-electron chi connectivity index (χ2n) is 11.4. The summed E-state index contributed by atoms with van der Waals surface area (Å²) in [6.45, 7) is 10.1. The number of carbonyl (C=O) groups is 3. The molecule has 1 saturated carbocycles. The molecule has 1 aliphatic carbocycles. The summed E-state index contributed by atoms with van der Waals surface area (Å²) in [7, 11) is 0. The summed E-state index contributed by atoms with van der Waals surface area (Å²) in [4.78, 5) is 45.6. The van der Waals surface area contributed by atoms with Crippen LogP contribution in [-0.4, -0.2) is 97.0 Å². The first-order chi connectivity index (χ1) is 16.6. The number of hydrogen-bond acceptors (Lipinski definition) is 7. The molecular formula is C26H37N5O4. The highest BCUT2D eigenvalue weighted by atomic mass is 16.5. The first-order valence-electron chi connectivity index (χ1n) is 12.7. The van der Waals surface area contributed by atoms with Crippen molar-refractivity contribution in [2.75, 3.05) is 44.2 Å². The molecule has 190 valence electrons. The normalized spacial score (nSPS) is 28.2. The van der Waals surface area contributed by atoms with Gasteiger partial charge in [-0.3, -0.25) is 19.3 Å². The van der Waals surface area contributed by atoms with Gasteiger partial charge in [-0.2, -0.15) is 0 Å². The van der Waals surface area contributed by atoms with Crippen LogP contribution in [0.5, 0.6) is 0 Å². The number of likely N-dealkylation sites (tertiary alicyclic amines) is 1. The van der Waals surface area contributed by atoms with Crippen LogP contribution in [-0.2, 0) is 14.3 Å². The maximum absolute atomic E-state index is 13.6. The monoisotopic (exact) mass is 483 g/mol. The number of nitrogens with zero attached hydrogens (tertiary/aromatic N) is 3. The lowest BCUT2D eigenvalue weighted by Gasteiger charge is -2.36. The zero-order valence-electron chi connectivity index (χ0n) is 20.9. The minimum atomic E-state index is -0.801. The van der Waals surface area contributed by atoms with Crippen molar-refractivity contribution in [3.63, 3.8) is 0 Å². The van der Waals surface area contributed by atoms with E-state index in [0.29, 0.717) is 5.56 Å². The van der Waals surface area contributed by atoms with Crippen LogP contribution in [0.1, 0.15) is 44.0 Å². The fraction of sp³-hybridized carbons (Fsp3) is 0.654. The third kappa shape index (κ3) is 4.81. The molecule has 3 heterocycles. The van der Waals surface area contributed by atoms with Crippen molar-refractivity contribution in [3.05, 3.63) is 29.8 Å². The second kappa shape index (κ2) is 9.19. The third-order valence-corrected chi connectivity index (χ3v) is 7.77. The minimum absolute atomic E-state index is 0.0265. The summed E-state index contributed by atoms with van der Waals surface area (Å²) in [5.41, 5.74) is 7.20. The molecule has 3 N–H and O–H groups in total. The second-order valence-corrected chi connectivity index (χ2v) is 11.4. The molecule has 0 radical (unpaired) electrons. The molecule has 9 nitrogen and oxygen atoms in total. The Hall–Kier alpha value is -2.49. The summed E-state index contributed by atoms with van der Waals surface area (Å²) in [6, 6.07) is 6.51. The molecular weight excluding hydrogens is 446 g/mol. The average molecular weight is 484 g/mol. The first kappa shape index (κ1) is 24.2. The van der Waals surface area contributed by atoms with E-state index >= 15 is 0 Å². The average Bonchev–Trinajstić information content (AvgIpc) is 3.54. The topological polar surface area (TPSA) is 108 Å². The van der Waals surface area contributed by atoms with E-state index < -0.39 is 29.6 Å². The zero-order chi connectivity index (χ0) is 24.9. The maximum atomic E-state index is 13.6. The Bertz CT molecular complexity index is 978. The van der Waals surface area contributed by atoms with Crippen molar-refractivity contribution in [1.29, 1.82) is 0 Å². The van der Waals surface area contributed by atoms with Crippen LogP contribution in [0.25, 0.3) is 0 Å². The maximum Gasteiger partial charge on any atom is 0.251 e. The molecule has 4 atom stereocenters. The molecule has 3 saturated heterocycles. The highest BCUT2D eigenvalue weighted by Gasteiger charge is 2.53. The molecule has 4 fully saturated rings. The van der Waals surface area contributed by atoms with Gasteiger partial charge in [-0.15, -0.1) is 0 Å². The lowest BCUT2D eigenvalue weighted by molar-refractivity contribution is -0.140. The van der Waals surface area contributed by atoms with Crippen molar-refractivity contribution >= 4 is 23.3 Å². The van der Waals surface area contributed by atoms with E-state index in [1.54, 1.807) is 0 Å². The van der Waals surface area contributed by atoms with Gasteiger partial charge >= 0.3 is 0 Å². The van der Waals surface area contributed by atoms with E-state index in [-0.39, 0.29) is 30.7 Å². The fourth-order valence-corrected chi connectivity index (χ4v) is 5.56. The van der Waals surface area contributed by atoms with Crippen LogP contribution in [0.15, 0.2) is 24.3 Å². The van der Waals surface area contributed by atoms with Crippen LogP contribution >= 0.6 is 0 Å². The number of carbonyl (C=O) groups excluding carboxylic acids is 3. The van der Waals surface area contributed by atoms with Crippen molar-refractivity contribution < 1.29 is 19.1 Å². The zero-order valence-corrected chi connectivity index (χ0v) is 20.9. The highest BCUT2D eigenvalue weighted by Crippen LogP contribution is 2.31. The quantitative estimate of drug-likeness (QED) is 0.632. The van der Waals surface area contributed by atoms with E-state index in [2.05, 4.69) is 15.1 Å². The number of fused-ring (bicyclic) bond motifs is 1. The largest absolute Gasteiger partial charge is 0.369 e. The summed E-state index contributed by atoms with van der Waals surface area (Å²) in [5, 5.41) is 2.94. The van der Waals surface area contributed by atoms with Gasteiger partial charge in [0.05, 0.1) is 6.04 Å². The van der Waals surface area contributed by atoms with Gasteiger partial charge in [-0.05, 0) is 42.5 Å². The minimum Gasteiger partial charge on any atom is -0.369 e. The van der Waals surface area contributed by atoms with Gasteiger partial charge in [0.15, 0.2) is 5.78 Å². The van der Waals surface area contributed by atoms with Crippen LogP contribution in [0.3, 0.4) is 0 Å². The Kier molecular flexibility index (Phi) is 6.35. The van der Waals surface area contributed by atoms with Gasteiger partial charge in [-0.1, -0.05) is 20.8 Å². The van der Waals surface area contributed by atoms with Crippen molar-refractivity contribution in [2.45, 2.75) is 63.9 Å². The molecule has 35 heavy (non-hydrogen) atoms. The lowest BCUT2D eigenvalue weighted by Crippen LogP contribution is -2.57. The molecule has 3 aliphatic heterocycles. The molecule has 0 spiro atoms. The van der Waals surface area contributed by atoms with Gasteiger partial charge in [0.1, 0.15) is 24.8 Å². The molecule has 0 bridgehead atoms. The summed E-state index contributed by atoms with van der Waals surface area (Å²) < 4.78 is 5.52. The lowest BCUT2D eigenvalue weighted by atomic mass is 9.85. The van der Waals surface area contributed by atoms with Gasteiger partial charge < -0.3 is 25.6 Å². The summed E-state index contributed by atoms with van der Waals surface area (Å²) in [5.74, 6) is -0.737. The molecule has 1 aromatic carbocycles. The number of anilines is 1. The van der Waals surface area contributed by atoms with Gasteiger partial charge in [0, 0.05) is 50.0 Å². The van der Waals surface area contributed by atoms with E-state index in [4.69, 9.17) is 10.5 Å². The third-order valence-electron chi connectivity index (χ3n) is 7.77. The molecule has 9 heteroatoms. The van der Waals surface area contributed by atoms with E-state index in [1.165, 1.54) is 17.7 Å². The number of ether oxygens (including phenoxy) is 1. The van der Waals surface area contributed by atoms with E-state index in [0.717, 1.165) is 37.9 Å². The number of hydrogen-bond donors (Lipinski definition) is 2. The van der Waals surface area contributed by atoms with Crippen molar-refractivity contribution in [3.8, 4) is 0 Å². The number of rotatable bonds is 5. The predicted octanol–water partition coefficient (Wildman–Crippen LogP) is 0.622. The van der Waals surface area contributed by atoms with Gasteiger partial charge in [-0.25, -0.2) is 0 Å². The number of benzene rings is 1. The molecule has 5 rings (SSSR count). The standard InChI is InChI=1S/C26H37N5O4/c1-26(2,3)23(25(34)31-14-19(27)22-21(31)20(32)15-35-22)28-24(33)16-4-6-17(7-5-16)29-10-12-30(13-11-29)18-8-9-18/h4-7,18-19,21-23H,8-15,27H2,1-3H3,(H,28,33)/t19-,21-,22-,23-/m1/s1. The predicted molar refractivity (Wildman–Crippen MR) is 132 cm³/mol. The Labute approximate surface area is 206 Å². The Morgan fingerprint density at radius 3 is 2.34 bits per heavy atom. The first-order valence-corrected chi connectivity index (χ1v) is 12.7. The molecule has 2 amide bonds. The molecule has 4 aliphatic rings.